The van der Waals surface area contributed by atoms with E-state index < -0.39 is 0 Å². The fraction of sp³-hybridized carbons (Fsp3) is 0.200. The van der Waals surface area contributed by atoms with Crippen LogP contribution in [0.5, 0.6) is 0 Å². The highest BCUT2D eigenvalue weighted by molar-refractivity contribution is 7.98. The molecule has 1 aromatic carbocycles. The van der Waals surface area contributed by atoms with E-state index in [-0.39, 0.29) is 12.4 Å². The molecule has 3 nitrogen and oxygen atoms in total. The Morgan fingerprint density at radius 2 is 1.88 bits per heavy atom. The maximum atomic E-state index is 6.16. The molecule has 0 aliphatic rings. The second-order valence-corrected chi connectivity index (χ2v) is 8.25. The molecule has 0 fully saturated rings. The van der Waals surface area contributed by atoms with E-state index in [1.165, 1.54) is 11.3 Å². The standard InChI is InChI=1S/C15H12Cl3N3S2.ClH/c16-11-2-1-3-12(17)10(11)7-22-5-4-19-14-9-6-13(18)23-15(9)21-8-20-14;/h1-3,6,8H,4-5,7H2,(H,19,20,21);1H. The fourth-order valence-corrected chi connectivity index (χ4v) is 4.70. The van der Waals surface area contributed by atoms with Crippen LogP contribution < -0.4 is 5.32 Å². The third kappa shape index (κ3) is 4.81. The Morgan fingerprint density at radius 3 is 2.62 bits per heavy atom. The molecule has 0 spiro atoms. The predicted molar refractivity (Wildman–Crippen MR) is 111 cm³/mol. The lowest BCUT2D eigenvalue weighted by atomic mass is 10.2. The molecule has 0 saturated carbocycles. The van der Waals surface area contributed by atoms with Crippen molar-refractivity contribution in [2.24, 2.45) is 0 Å². The first kappa shape index (κ1) is 19.9. The van der Waals surface area contributed by atoms with E-state index >= 15 is 0 Å². The molecule has 0 saturated heterocycles. The van der Waals surface area contributed by atoms with Crippen LogP contribution >= 0.6 is 70.3 Å². The highest BCUT2D eigenvalue weighted by atomic mass is 35.5. The number of hydrogen-bond donors (Lipinski definition) is 1. The molecule has 0 radical (unpaired) electrons. The number of thioether (sulfide) groups is 1. The molecule has 3 aromatic rings. The summed E-state index contributed by atoms with van der Waals surface area (Å²) in [5, 5.41) is 5.71. The zero-order valence-electron chi connectivity index (χ0n) is 12.3. The van der Waals surface area contributed by atoms with Gasteiger partial charge < -0.3 is 5.32 Å². The van der Waals surface area contributed by atoms with E-state index in [2.05, 4.69) is 15.3 Å². The van der Waals surface area contributed by atoms with Gasteiger partial charge in [-0.3, -0.25) is 0 Å². The van der Waals surface area contributed by atoms with Gasteiger partial charge in [0.2, 0.25) is 0 Å². The fourth-order valence-electron chi connectivity index (χ4n) is 2.05. The molecule has 2 aromatic heterocycles. The van der Waals surface area contributed by atoms with Crippen molar-refractivity contribution < 1.29 is 0 Å². The summed E-state index contributed by atoms with van der Waals surface area (Å²) in [6, 6.07) is 7.46. The van der Waals surface area contributed by atoms with Crippen molar-refractivity contribution >= 4 is 86.3 Å². The van der Waals surface area contributed by atoms with Gasteiger partial charge in [-0.15, -0.1) is 23.7 Å². The van der Waals surface area contributed by atoms with Crippen LogP contribution in [-0.2, 0) is 5.75 Å². The summed E-state index contributed by atoms with van der Waals surface area (Å²) in [6.07, 6.45) is 1.55. The molecule has 128 valence electrons. The Balaban J connectivity index is 0.00000208. The van der Waals surface area contributed by atoms with Crippen LogP contribution in [0.3, 0.4) is 0 Å². The van der Waals surface area contributed by atoms with E-state index in [0.717, 1.165) is 39.6 Å². The number of aromatic nitrogens is 2. The summed E-state index contributed by atoms with van der Waals surface area (Å²) in [5.41, 5.74) is 0.981. The molecular weight excluding hydrogens is 428 g/mol. The number of halogens is 4. The van der Waals surface area contributed by atoms with Gasteiger partial charge in [0.1, 0.15) is 17.0 Å². The number of benzene rings is 1. The van der Waals surface area contributed by atoms with Gasteiger partial charge in [-0.2, -0.15) is 11.8 Å². The summed E-state index contributed by atoms with van der Waals surface area (Å²) >= 11 is 21.6. The van der Waals surface area contributed by atoms with Gasteiger partial charge in [-0.1, -0.05) is 40.9 Å². The molecule has 0 unspecified atom stereocenters. The highest BCUT2D eigenvalue weighted by Crippen LogP contribution is 2.31. The Hall–Kier alpha value is -0.430. The van der Waals surface area contributed by atoms with Gasteiger partial charge in [0.15, 0.2) is 0 Å². The first-order valence-corrected chi connectivity index (χ1v) is 9.90. The Morgan fingerprint density at radius 1 is 1.12 bits per heavy atom. The van der Waals surface area contributed by atoms with Gasteiger partial charge in [0, 0.05) is 28.1 Å². The van der Waals surface area contributed by atoms with Crippen LogP contribution in [-0.4, -0.2) is 22.3 Å². The van der Waals surface area contributed by atoms with Crippen LogP contribution in [0.2, 0.25) is 14.4 Å². The maximum absolute atomic E-state index is 6.16. The number of thiophene rings is 1. The first-order chi connectivity index (χ1) is 11.1. The summed E-state index contributed by atoms with van der Waals surface area (Å²) in [6.45, 7) is 0.784. The molecule has 2 heterocycles. The van der Waals surface area contributed by atoms with Crippen molar-refractivity contribution in [2.45, 2.75) is 5.75 Å². The molecule has 0 amide bonds. The van der Waals surface area contributed by atoms with E-state index in [9.17, 15) is 0 Å². The number of anilines is 1. The minimum absolute atomic E-state index is 0. The van der Waals surface area contributed by atoms with Gasteiger partial charge in [0.25, 0.3) is 0 Å². The third-order valence-corrected chi connectivity index (χ3v) is 6.01. The molecule has 3 rings (SSSR count). The third-order valence-electron chi connectivity index (χ3n) is 3.15. The summed E-state index contributed by atoms with van der Waals surface area (Å²) in [7, 11) is 0. The van der Waals surface area contributed by atoms with Crippen molar-refractivity contribution in [1.29, 1.82) is 0 Å². The normalized spacial score (nSPS) is 10.6. The smallest absolute Gasteiger partial charge is 0.138 e. The second-order valence-electron chi connectivity index (χ2n) is 4.67. The number of nitrogens with one attached hydrogen (secondary N) is 1. The first-order valence-electron chi connectivity index (χ1n) is 6.79. The van der Waals surface area contributed by atoms with Crippen molar-refractivity contribution in [2.75, 3.05) is 17.6 Å². The quantitative estimate of drug-likeness (QED) is 0.448. The van der Waals surface area contributed by atoms with E-state index in [0.29, 0.717) is 14.4 Å². The Kier molecular flexibility index (Phi) is 7.72. The average molecular weight is 441 g/mol. The molecular formula is C15H13Cl4N3S2. The highest BCUT2D eigenvalue weighted by Gasteiger charge is 2.08. The number of hydrogen-bond acceptors (Lipinski definition) is 5. The summed E-state index contributed by atoms with van der Waals surface area (Å²) in [4.78, 5) is 9.38. The van der Waals surface area contributed by atoms with E-state index in [1.807, 2.05) is 24.3 Å². The molecule has 0 bridgehead atoms. The lowest BCUT2D eigenvalue weighted by molar-refractivity contribution is 1.15. The summed E-state index contributed by atoms with van der Waals surface area (Å²) in [5.74, 6) is 2.50. The van der Waals surface area contributed by atoms with E-state index in [4.69, 9.17) is 34.8 Å². The molecule has 1 N–H and O–H groups in total. The summed E-state index contributed by atoms with van der Waals surface area (Å²) < 4.78 is 0.714. The zero-order chi connectivity index (χ0) is 16.2. The lowest BCUT2D eigenvalue weighted by Gasteiger charge is -2.08. The number of fused-ring (bicyclic) bond motifs is 1. The van der Waals surface area contributed by atoms with Crippen LogP contribution in [0, 0.1) is 0 Å². The average Bonchev–Trinajstić information content (AvgIpc) is 2.90. The SMILES string of the molecule is Cl.Clc1cc2c(NCCSCc3c(Cl)cccc3Cl)ncnc2s1. The predicted octanol–water partition coefficient (Wildman–Crippen LogP) is 6.42. The minimum Gasteiger partial charge on any atom is -0.369 e. The van der Waals surface area contributed by atoms with Crippen molar-refractivity contribution in [1.82, 2.24) is 9.97 Å². The van der Waals surface area contributed by atoms with E-state index in [1.54, 1.807) is 18.1 Å². The van der Waals surface area contributed by atoms with Crippen LogP contribution in [0.4, 0.5) is 5.82 Å². The van der Waals surface area contributed by atoms with Crippen molar-refractivity contribution in [3.05, 3.63) is 50.5 Å². The van der Waals surface area contributed by atoms with Gasteiger partial charge in [0.05, 0.1) is 9.72 Å². The zero-order valence-corrected chi connectivity index (χ0v) is 17.0. The minimum atomic E-state index is 0. The van der Waals surface area contributed by atoms with Gasteiger partial charge >= 0.3 is 0 Å². The molecule has 24 heavy (non-hydrogen) atoms. The number of rotatable bonds is 6. The monoisotopic (exact) mass is 439 g/mol. The van der Waals surface area contributed by atoms with Crippen LogP contribution in [0.25, 0.3) is 10.2 Å². The van der Waals surface area contributed by atoms with Crippen molar-refractivity contribution in [3.63, 3.8) is 0 Å². The largest absolute Gasteiger partial charge is 0.369 e. The molecule has 0 aliphatic carbocycles. The van der Waals surface area contributed by atoms with Crippen LogP contribution in [0.15, 0.2) is 30.6 Å². The van der Waals surface area contributed by atoms with Gasteiger partial charge in [-0.25, -0.2) is 9.97 Å². The molecule has 0 aliphatic heterocycles. The number of nitrogens with zero attached hydrogens (tertiary/aromatic N) is 2. The topological polar surface area (TPSA) is 37.8 Å². The van der Waals surface area contributed by atoms with Crippen molar-refractivity contribution in [3.8, 4) is 0 Å². The maximum Gasteiger partial charge on any atom is 0.138 e. The van der Waals surface area contributed by atoms with Crippen LogP contribution in [0.1, 0.15) is 5.56 Å². The van der Waals surface area contributed by atoms with Gasteiger partial charge in [-0.05, 0) is 23.8 Å². The lowest BCUT2D eigenvalue weighted by Crippen LogP contribution is -2.06. The Bertz CT molecular complexity index is 805. The second kappa shape index (κ2) is 9.32. The Labute approximate surface area is 169 Å². The molecule has 0 atom stereocenters. The molecule has 9 heteroatoms.